The van der Waals surface area contributed by atoms with Gasteiger partial charge in [0.25, 0.3) is 0 Å². The maximum atomic E-state index is 10.9. The van der Waals surface area contributed by atoms with Crippen molar-refractivity contribution in [3.8, 4) is 0 Å². The third-order valence-corrected chi connectivity index (χ3v) is 2.39. The van der Waals surface area contributed by atoms with Crippen molar-refractivity contribution in [2.75, 3.05) is 0 Å². The Morgan fingerprint density at radius 1 is 1.62 bits per heavy atom. The van der Waals surface area contributed by atoms with Crippen LogP contribution in [0.15, 0.2) is 6.20 Å². The first-order valence-corrected chi connectivity index (χ1v) is 4.45. The Hall–Kier alpha value is -1.25. The number of carbonyl (C=O) groups is 1. The van der Waals surface area contributed by atoms with E-state index in [-0.39, 0.29) is 5.92 Å². The van der Waals surface area contributed by atoms with Crippen LogP contribution in [0.25, 0.3) is 0 Å². The Balaban J connectivity index is 3.10. The van der Waals surface area contributed by atoms with Crippen LogP contribution in [0.3, 0.4) is 0 Å². The SMILES string of the molecule is CCC(C(=O)O)c1c(C)c[nH]c1C. The molecule has 2 N–H and O–H groups in total. The number of H-pyrrole nitrogens is 1. The van der Waals surface area contributed by atoms with Crippen molar-refractivity contribution in [2.24, 2.45) is 0 Å². The summed E-state index contributed by atoms with van der Waals surface area (Å²) in [6.45, 7) is 5.74. The molecule has 0 aliphatic carbocycles. The average molecular weight is 181 g/mol. The zero-order chi connectivity index (χ0) is 10.0. The first-order chi connectivity index (χ1) is 6.07. The molecule has 3 heteroatoms. The molecule has 0 aromatic carbocycles. The number of rotatable bonds is 3. The van der Waals surface area contributed by atoms with E-state index >= 15 is 0 Å². The van der Waals surface area contributed by atoms with E-state index in [0.29, 0.717) is 6.42 Å². The van der Waals surface area contributed by atoms with Crippen LogP contribution >= 0.6 is 0 Å². The minimum atomic E-state index is -0.742. The molecule has 0 saturated carbocycles. The Kier molecular flexibility index (Phi) is 2.76. The van der Waals surface area contributed by atoms with Crippen molar-refractivity contribution in [1.82, 2.24) is 4.98 Å². The van der Waals surface area contributed by atoms with E-state index in [0.717, 1.165) is 16.8 Å². The number of carboxylic acid groups (broad SMARTS) is 1. The molecule has 0 amide bonds. The van der Waals surface area contributed by atoms with Gasteiger partial charge in [-0.15, -0.1) is 0 Å². The van der Waals surface area contributed by atoms with E-state index in [9.17, 15) is 4.79 Å². The van der Waals surface area contributed by atoms with Crippen LogP contribution in [0.5, 0.6) is 0 Å². The molecule has 0 spiro atoms. The first-order valence-electron chi connectivity index (χ1n) is 4.45. The van der Waals surface area contributed by atoms with Gasteiger partial charge in [-0.3, -0.25) is 4.79 Å². The van der Waals surface area contributed by atoms with Gasteiger partial charge < -0.3 is 10.1 Å². The molecule has 0 bridgehead atoms. The van der Waals surface area contributed by atoms with E-state index in [1.54, 1.807) is 0 Å². The average Bonchev–Trinajstić information content (AvgIpc) is 2.36. The standard InChI is InChI=1S/C10H15NO2/c1-4-8(10(12)13)9-6(2)5-11-7(9)3/h5,8,11H,4H2,1-3H3,(H,12,13). The van der Waals surface area contributed by atoms with E-state index < -0.39 is 5.97 Å². The third kappa shape index (κ3) is 1.74. The normalized spacial score (nSPS) is 12.8. The largest absolute Gasteiger partial charge is 0.481 e. The number of aryl methyl sites for hydroxylation is 2. The van der Waals surface area contributed by atoms with E-state index in [2.05, 4.69) is 4.98 Å². The molecular formula is C10H15NO2. The minimum Gasteiger partial charge on any atom is -0.481 e. The lowest BCUT2D eigenvalue weighted by molar-refractivity contribution is -0.138. The fourth-order valence-electron chi connectivity index (χ4n) is 1.71. The summed E-state index contributed by atoms with van der Waals surface area (Å²) in [4.78, 5) is 14.0. The molecule has 3 nitrogen and oxygen atoms in total. The smallest absolute Gasteiger partial charge is 0.311 e. The van der Waals surface area contributed by atoms with Crippen molar-refractivity contribution in [3.63, 3.8) is 0 Å². The Morgan fingerprint density at radius 3 is 2.54 bits per heavy atom. The number of hydrogen-bond donors (Lipinski definition) is 2. The summed E-state index contributed by atoms with van der Waals surface area (Å²) in [6, 6.07) is 0. The summed E-state index contributed by atoms with van der Waals surface area (Å²) in [5.74, 6) is -1.11. The second-order valence-corrected chi connectivity index (χ2v) is 3.31. The van der Waals surface area contributed by atoms with Gasteiger partial charge in [0, 0.05) is 11.9 Å². The molecule has 0 aliphatic rings. The molecule has 72 valence electrons. The predicted octanol–water partition coefficient (Wildman–Crippen LogP) is 2.21. The predicted molar refractivity (Wildman–Crippen MR) is 50.9 cm³/mol. The zero-order valence-electron chi connectivity index (χ0n) is 8.22. The van der Waals surface area contributed by atoms with Gasteiger partial charge in [-0.1, -0.05) is 6.92 Å². The van der Waals surface area contributed by atoms with Crippen LogP contribution in [-0.2, 0) is 4.79 Å². The maximum absolute atomic E-state index is 10.9. The number of nitrogens with one attached hydrogen (secondary N) is 1. The number of aromatic amines is 1. The lowest BCUT2D eigenvalue weighted by Gasteiger charge is -2.10. The van der Waals surface area contributed by atoms with Gasteiger partial charge in [-0.2, -0.15) is 0 Å². The quantitative estimate of drug-likeness (QED) is 0.751. The molecular weight excluding hydrogens is 166 g/mol. The van der Waals surface area contributed by atoms with Gasteiger partial charge in [0.05, 0.1) is 5.92 Å². The highest BCUT2D eigenvalue weighted by atomic mass is 16.4. The van der Waals surface area contributed by atoms with Crippen LogP contribution in [0.4, 0.5) is 0 Å². The van der Waals surface area contributed by atoms with E-state index in [1.807, 2.05) is 27.0 Å². The number of carboxylic acids is 1. The van der Waals surface area contributed by atoms with E-state index in [4.69, 9.17) is 5.11 Å². The maximum Gasteiger partial charge on any atom is 0.311 e. The van der Waals surface area contributed by atoms with Crippen LogP contribution in [0.2, 0.25) is 0 Å². The van der Waals surface area contributed by atoms with E-state index in [1.165, 1.54) is 0 Å². The minimum absolute atomic E-state index is 0.369. The molecule has 0 aliphatic heterocycles. The lowest BCUT2D eigenvalue weighted by atomic mass is 9.94. The molecule has 0 radical (unpaired) electrons. The van der Waals surface area contributed by atoms with Gasteiger partial charge in [0.1, 0.15) is 0 Å². The van der Waals surface area contributed by atoms with Crippen LogP contribution in [0, 0.1) is 13.8 Å². The summed E-state index contributed by atoms with van der Waals surface area (Å²) in [5.41, 5.74) is 2.94. The molecule has 1 atom stereocenters. The molecule has 1 heterocycles. The van der Waals surface area contributed by atoms with Crippen molar-refractivity contribution in [2.45, 2.75) is 33.1 Å². The zero-order valence-corrected chi connectivity index (χ0v) is 8.22. The molecule has 0 saturated heterocycles. The van der Waals surface area contributed by atoms with Gasteiger partial charge >= 0.3 is 5.97 Å². The third-order valence-electron chi connectivity index (χ3n) is 2.39. The number of hydrogen-bond acceptors (Lipinski definition) is 1. The molecule has 1 aromatic heterocycles. The second kappa shape index (κ2) is 3.64. The lowest BCUT2D eigenvalue weighted by Crippen LogP contribution is -2.11. The molecule has 1 aromatic rings. The topological polar surface area (TPSA) is 53.1 Å². The van der Waals surface area contributed by atoms with Crippen LogP contribution < -0.4 is 0 Å². The first kappa shape index (κ1) is 9.84. The fraction of sp³-hybridized carbons (Fsp3) is 0.500. The van der Waals surface area contributed by atoms with Crippen molar-refractivity contribution in [1.29, 1.82) is 0 Å². The summed E-state index contributed by atoms with van der Waals surface area (Å²) in [5, 5.41) is 8.98. The highest BCUT2D eigenvalue weighted by Gasteiger charge is 2.22. The number of aromatic nitrogens is 1. The van der Waals surface area contributed by atoms with Gasteiger partial charge in [-0.25, -0.2) is 0 Å². The summed E-state index contributed by atoms with van der Waals surface area (Å²) < 4.78 is 0. The van der Waals surface area contributed by atoms with Gasteiger partial charge in [0.2, 0.25) is 0 Å². The highest BCUT2D eigenvalue weighted by molar-refractivity contribution is 5.77. The molecule has 13 heavy (non-hydrogen) atoms. The summed E-state index contributed by atoms with van der Waals surface area (Å²) in [7, 11) is 0. The monoisotopic (exact) mass is 181 g/mol. The summed E-state index contributed by atoms with van der Waals surface area (Å²) >= 11 is 0. The van der Waals surface area contributed by atoms with Crippen molar-refractivity contribution in [3.05, 3.63) is 23.0 Å². The second-order valence-electron chi connectivity index (χ2n) is 3.31. The Bertz CT molecular complexity index is 295. The van der Waals surface area contributed by atoms with Gasteiger partial charge in [-0.05, 0) is 31.4 Å². The van der Waals surface area contributed by atoms with Crippen molar-refractivity contribution >= 4 is 5.97 Å². The highest BCUT2D eigenvalue weighted by Crippen LogP contribution is 2.26. The van der Waals surface area contributed by atoms with Crippen LogP contribution in [-0.4, -0.2) is 16.1 Å². The Morgan fingerprint density at radius 2 is 2.23 bits per heavy atom. The molecule has 0 fully saturated rings. The molecule has 1 unspecified atom stereocenters. The summed E-state index contributed by atoms with van der Waals surface area (Å²) in [6.07, 6.45) is 2.49. The van der Waals surface area contributed by atoms with Crippen molar-refractivity contribution < 1.29 is 9.90 Å². The number of aliphatic carboxylic acids is 1. The fourth-order valence-corrected chi connectivity index (χ4v) is 1.71. The molecule has 1 rings (SSSR count). The Labute approximate surface area is 77.8 Å². The van der Waals surface area contributed by atoms with Crippen LogP contribution in [0.1, 0.15) is 36.1 Å². The van der Waals surface area contributed by atoms with Gasteiger partial charge in [0.15, 0.2) is 0 Å².